The molecule has 1 N–H and O–H groups in total. The lowest BCUT2D eigenvalue weighted by Crippen LogP contribution is -2.53. The highest BCUT2D eigenvalue weighted by Gasteiger charge is 2.42. The maximum Gasteiger partial charge on any atom is 0.252 e. The minimum absolute atomic E-state index is 0.156. The van der Waals surface area contributed by atoms with Gasteiger partial charge in [0, 0.05) is 27.9 Å². The van der Waals surface area contributed by atoms with Crippen LogP contribution < -0.4 is 5.32 Å². The molecule has 1 aromatic heterocycles. The number of carbonyl (C=O) groups is 4. The molecule has 2 heterocycles. The van der Waals surface area contributed by atoms with Crippen LogP contribution in [0.2, 0.25) is 0 Å². The molecule has 1 saturated heterocycles. The van der Waals surface area contributed by atoms with E-state index in [0.29, 0.717) is 5.39 Å². The first-order valence-electron chi connectivity index (χ1n) is 7.01. The molecule has 23 heavy (non-hydrogen) atoms. The van der Waals surface area contributed by atoms with E-state index in [9.17, 15) is 19.2 Å². The van der Waals surface area contributed by atoms with Crippen molar-refractivity contribution in [1.82, 2.24) is 9.88 Å². The Kier molecular flexibility index (Phi) is 3.68. The van der Waals surface area contributed by atoms with Crippen LogP contribution in [0.15, 0.2) is 28.9 Å². The number of aromatic nitrogens is 1. The van der Waals surface area contributed by atoms with E-state index in [1.165, 1.54) is 4.57 Å². The number of carbonyl (C=O) groups excluding carboxylic acids is 4. The van der Waals surface area contributed by atoms with E-state index < -0.39 is 17.2 Å². The number of amides is 2. The lowest BCUT2D eigenvalue weighted by molar-refractivity contribution is -0.140. The molecule has 3 rings (SSSR count). The molecule has 1 aliphatic heterocycles. The van der Waals surface area contributed by atoms with Crippen LogP contribution in [-0.2, 0) is 19.9 Å². The molecule has 118 valence electrons. The topological polar surface area (TPSA) is 85.2 Å². The van der Waals surface area contributed by atoms with Gasteiger partial charge in [-0.2, -0.15) is 0 Å². The second-order valence-electron chi connectivity index (χ2n) is 5.71. The van der Waals surface area contributed by atoms with E-state index in [4.69, 9.17) is 0 Å². The fourth-order valence-electron chi connectivity index (χ4n) is 2.90. The SMILES string of the molecule is C[C@]1(n2cc3ccc(Br)cc3c2C(=O)C=O)CCC(=O)NC1=O. The number of halogens is 1. The molecule has 0 bridgehead atoms. The largest absolute Gasteiger partial charge is 0.329 e. The van der Waals surface area contributed by atoms with Gasteiger partial charge in [0.2, 0.25) is 11.7 Å². The third kappa shape index (κ3) is 2.41. The summed E-state index contributed by atoms with van der Waals surface area (Å²) < 4.78 is 2.28. The molecule has 0 unspecified atom stereocenters. The van der Waals surface area contributed by atoms with Gasteiger partial charge in [-0.05, 0) is 25.5 Å². The summed E-state index contributed by atoms with van der Waals surface area (Å²) in [6, 6.07) is 5.35. The van der Waals surface area contributed by atoms with Crippen molar-refractivity contribution in [3.05, 3.63) is 34.6 Å². The minimum Gasteiger partial charge on any atom is -0.329 e. The Morgan fingerprint density at radius 2 is 2.13 bits per heavy atom. The van der Waals surface area contributed by atoms with Gasteiger partial charge in [0.1, 0.15) is 11.2 Å². The van der Waals surface area contributed by atoms with Crippen molar-refractivity contribution in [2.75, 3.05) is 0 Å². The fraction of sp³-hybridized carbons (Fsp3) is 0.250. The normalized spacial score (nSPS) is 21.3. The van der Waals surface area contributed by atoms with Crippen molar-refractivity contribution in [2.45, 2.75) is 25.3 Å². The molecular formula is C16H13BrN2O4. The van der Waals surface area contributed by atoms with Gasteiger partial charge in [-0.1, -0.05) is 22.0 Å². The molecule has 7 heteroatoms. The summed E-state index contributed by atoms with van der Waals surface area (Å²) in [6.45, 7) is 1.66. The van der Waals surface area contributed by atoms with Crippen LogP contribution in [0.4, 0.5) is 0 Å². The molecular weight excluding hydrogens is 364 g/mol. The molecule has 2 aromatic rings. The predicted octanol–water partition coefficient (Wildman–Crippen LogP) is 1.94. The number of aldehydes is 1. The Morgan fingerprint density at radius 3 is 2.78 bits per heavy atom. The van der Waals surface area contributed by atoms with E-state index in [0.717, 1.165) is 9.86 Å². The summed E-state index contributed by atoms with van der Waals surface area (Å²) in [6.07, 6.45) is 2.35. The van der Waals surface area contributed by atoms with Crippen molar-refractivity contribution >= 4 is 50.6 Å². The summed E-state index contributed by atoms with van der Waals surface area (Å²) >= 11 is 3.34. The van der Waals surface area contributed by atoms with E-state index in [-0.39, 0.29) is 30.7 Å². The number of imide groups is 1. The Bertz CT molecular complexity index is 870. The first kappa shape index (κ1) is 15.6. The van der Waals surface area contributed by atoms with Gasteiger partial charge in [-0.15, -0.1) is 0 Å². The van der Waals surface area contributed by atoms with Crippen LogP contribution in [0.25, 0.3) is 10.8 Å². The highest BCUT2D eigenvalue weighted by molar-refractivity contribution is 9.10. The summed E-state index contributed by atoms with van der Waals surface area (Å²) in [5.41, 5.74) is -0.948. The maximum atomic E-state index is 12.4. The number of hydrogen-bond acceptors (Lipinski definition) is 4. The van der Waals surface area contributed by atoms with Gasteiger partial charge in [0.05, 0.1) is 0 Å². The number of rotatable bonds is 3. The molecule has 1 fully saturated rings. The number of hydrogen-bond donors (Lipinski definition) is 1. The Morgan fingerprint density at radius 1 is 1.39 bits per heavy atom. The monoisotopic (exact) mass is 376 g/mol. The quantitative estimate of drug-likeness (QED) is 0.384. The number of fused-ring (bicyclic) bond motifs is 1. The van der Waals surface area contributed by atoms with Crippen LogP contribution in [-0.4, -0.2) is 28.5 Å². The smallest absolute Gasteiger partial charge is 0.252 e. The van der Waals surface area contributed by atoms with E-state index in [1.807, 2.05) is 6.07 Å². The fourth-order valence-corrected chi connectivity index (χ4v) is 3.26. The third-order valence-electron chi connectivity index (χ3n) is 4.23. The Hall–Kier alpha value is -2.28. The van der Waals surface area contributed by atoms with Crippen molar-refractivity contribution in [3.8, 4) is 0 Å². The Labute approximate surface area is 140 Å². The first-order chi connectivity index (χ1) is 10.9. The molecule has 0 spiro atoms. The molecule has 1 atom stereocenters. The van der Waals surface area contributed by atoms with Gasteiger partial charge in [0.15, 0.2) is 6.29 Å². The number of nitrogens with zero attached hydrogens (tertiary/aromatic N) is 1. The predicted molar refractivity (Wildman–Crippen MR) is 86.1 cm³/mol. The van der Waals surface area contributed by atoms with E-state index in [1.54, 1.807) is 25.3 Å². The number of piperidine rings is 1. The summed E-state index contributed by atoms with van der Waals surface area (Å²) in [5, 5.41) is 3.63. The zero-order chi connectivity index (χ0) is 16.8. The van der Waals surface area contributed by atoms with Gasteiger partial charge in [-0.3, -0.25) is 24.5 Å². The molecule has 1 aromatic carbocycles. The maximum absolute atomic E-state index is 12.4. The van der Waals surface area contributed by atoms with E-state index >= 15 is 0 Å². The van der Waals surface area contributed by atoms with E-state index in [2.05, 4.69) is 21.2 Å². The number of benzene rings is 1. The standard InChI is InChI=1S/C16H13BrN2O4/c1-16(5-4-13(22)18-15(16)23)19-7-9-2-3-10(17)6-11(9)14(19)12(21)8-20/h2-3,6-8H,4-5H2,1H3,(H,18,22,23)/t16-/m0/s1. The van der Waals surface area contributed by atoms with Crippen LogP contribution >= 0.6 is 15.9 Å². The van der Waals surface area contributed by atoms with Crippen LogP contribution in [0.5, 0.6) is 0 Å². The molecule has 0 radical (unpaired) electrons. The summed E-state index contributed by atoms with van der Waals surface area (Å²) in [5.74, 6) is -1.52. The molecule has 1 aliphatic rings. The third-order valence-corrected chi connectivity index (χ3v) is 4.73. The van der Waals surface area contributed by atoms with Crippen LogP contribution in [0.3, 0.4) is 0 Å². The minimum atomic E-state index is -1.10. The highest BCUT2D eigenvalue weighted by Crippen LogP contribution is 2.34. The van der Waals surface area contributed by atoms with Crippen LogP contribution in [0, 0.1) is 0 Å². The zero-order valence-corrected chi connectivity index (χ0v) is 13.8. The average molecular weight is 377 g/mol. The number of Topliss-reactive ketones (excluding diaryl/α,β-unsaturated/α-hetero) is 1. The Balaban J connectivity index is 2.28. The first-order valence-corrected chi connectivity index (χ1v) is 7.81. The molecule has 6 nitrogen and oxygen atoms in total. The van der Waals surface area contributed by atoms with Crippen molar-refractivity contribution in [2.24, 2.45) is 0 Å². The van der Waals surface area contributed by atoms with Gasteiger partial charge >= 0.3 is 0 Å². The van der Waals surface area contributed by atoms with Gasteiger partial charge in [0.25, 0.3) is 5.91 Å². The molecule has 0 saturated carbocycles. The van der Waals surface area contributed by atoms with Crippen LogP contribution in [0.1, 0.15) is 30.3 Å². The van der Waals surface area contributed by atoms with Gasteiger partial charge < -0.3 is 4.57 Å². The summed E-state index contributed by atoms with van der Waals surface area (Å²) in [7, 11) is 0. The highest BCUT2D eigenvalue weighted by atomic mass is 79.9. The van der Waals surface area contributed by atoms with Crippen molar-refractivity contribution < 1.29 is 19.2 Å². The second kappa shape index (κ2) is 5.42. The van der Waals surface area contributed by atoms with Crippen molar-refractivity contribution in [1.29, 1.82) is 0 Å². The molecule has 0 aliphatic carbocycles. The lowest BCUT2D eigenvalue weighted by Gasteiger charge is -2.34. The van der Waals surface area contributed by atoms with Crippen molar-refractivity contribution in [3.63, 3.8) is 0 Å². The second-order valence-corrected chi connectivity index (χ2v) is 6.63. The lowest BCUT2D eigenvalue weighted by atomic mass is 9.90. The average Bonchev–Trinajstić information content (AvgIpc) is 2.89. The van der Waals surface area contributed by atoms with Gasteiger partial charge in [-0.25, -0.2) is 0 Å². The summed E-state index contributed by atoms with van der Waals surface area (Å²) in [4.78, 5) is 47.0. The number of nitrogens with one attached hydrogen (secondary N) is 1. The number of ketones is 1. The molecule has 2 amide bonds. The zero-order valence-electron chi connectivity index (χ0n) is 12.3.